The van der Waals surface area contributed by atoms with E-state index in [0.717, 1.165) is 50.2 Å². The summed E-state index contributed by atoms with van der Waals surface area (Å²) in [5, 5.41) is 2.88. The van der Waals surface area contributed by atoms with Crippen LogP contribution in [0.3, 0.4) is 0 Å². The lowest BCUT2D eigenvalue weighted by atomic mass is 9.89. The number of hydrogen-bond acceptors (Lipinski definition) is 3. The van der Waals surface area contributed by atoms with Gasteiger partial charge in [0.25, 0.3) is 0 Å². The molecule has 1 amide bonds. The van der Waals surface area contributed by atoms with Gasteiger partial charge in [-0.15, -0.1) is 0 Å². The molecule has 1 atom stereocenters. The fourth-order valence-corrected chi connectivity index (χ4v) is 3.85. The maximum Gasteiger partial charge on any atom is 0.221 e. The Balaban J connectivity index is 1.88. The van der Waals surface area contributed by atoms with Gasteiger partial charge in [-0.1, -0.05) is 43.5 Å². The summed E-state index contributed by atoms with van der Waals surface area (Å²) in [6.45, 7) is 15.2. The van der Waals surface area contributed by atoms with Crippen LogP contribution in [0.1, 0.15) is 44.6 Å². The number of piperidine rings is 1. The lowest BCUT2D eigenvalue weighted by molar-refractivity contribution is -0.114. The molecule has 1 saturated heterocycles. The highest BCUT2D eigenvalue weighted by atomic mass is 16.5. The number of likely N-dealkylation sites (tertiary alicyclic amines) is 1. The minimum Gasteiger partial charge on any atom is -0.374 e. The van der Waals surface area contributed by atoms with Crippen molar-refractivity contribution < 1.29 is 9.53 Å². The molecule has 0 radical (unpaired) electrons. The predicted octanol–water partition coefficient (Wildman–Crippen LogP) is 4.92. The summed E-state index contributed by atoms with van der Waals surface area (Å²) in [5.41, 5.74) is 3.31. The number of ether oxygens (including phenoxy) is 1. The van der Waals surface area contributed by atoms with E-state index in [1.807, 2.05) is 31.2 Å². The molecule has 1 N–H and O–H groups in total. The summed E-state index contributed by atoms with van der Waals surface area (Å²) in [6, 6.07) is 8.26. The molecule has 0 bridgehead atoms. The monoisotopic (exact) mass is 382 g/mol. The molecule has 1 fully saturated rings. The van der Waals surface area contributed by atoms with Crippen LogP contribution in [0, 0.1) is 0 Å². The van der Waals surface area contributed by atoms with Gasteiger partial charge in [0.05, 0.1) is 6.10 Å². The predicted molar refractivity (Wildman–Crippen MR) is 118 cm³/mol. The van der Waals surface area contributed by atoms with Crippen LogP contribution < -0.4 is 5.32 Å². The number of carbonyl (C=O) groups is 1. The van der Waals surface area contributed by atoms with Crippen LogP contribution in [0.5, 0.6) is 0 Å². The van der Waals surface area contributed by atoms with Crippen molar-refractivity contribution in [3.05, 3.63) is 66.8 Å². The third kappa shape index (κ3) is 6.77. The van der Waals surface area contributed by atoms with Crippen LogP contribution in [-0.4, -0.2) is 43.2 Å². The fraction of sp³-hybridized carbons (Fsp3) is 0.458. The standard InChI is InChI=1S/C24H34N2O2/c1-5-9-20(6-2)24(28-7-3)14-17-26-15-12-21(13-16-26)22-10-8-11-23(18-22)25-19(4)27/h5-6,8-11,18,21,24H,1-2,7,12-17H2,3-4H3,(H,25,27)/b20-9+/t24-/m1/s1. The average Bonchev–Trinajstić information content (AvgIpc) is 2.69. The van der Waals surface area contributed by atoms with Gasteiger partial charge in [0.2, 0.25) is 5.91 Å². The van der Waals surface area contributed by atoms with Crippen LogP contribution in [0.2, 0.25) is 0 Å². The van der Waals surface area contributed by atoms with Crippen molar-refractivity contribution in [1.29, 1.82) is 0 Å². The first-order chi connectivity index (χ1) is 13.6. The Morgan fingerprint density at radius 3 is 2.71 bits per heavy atom. The molecule has 4 nitrogen and oxygen atoms in total. The number of anilines is 1. The summed E-state index contributed by atoms with van der Waals surface area (Å²) in [6.07, 6.45) is 8.97. The number of hydrogen-bond donors (Lipinski definition) is 1. The number of benzene rings is 1. The van der Waals surface area contributed by atoms with E-state index < -0.39 is 0 Å². The minimum atomic E-state index is -0.0276. The number of nitrogens with one attached hydrogen (secondary N) is 1. The van der Waals surface area contributed by atoms with Crippen molar-refractivity contribution in [2.45, 2.75) is 45.1 Å². The molecule has 1 aromatic rings. The number of rotatable bonds is 10. The fourth-order valence-electron chi connectivity index (χ4n) is 3.85. The summed E-state index contributed by atoms with van der Waals surface area (Å²) < 4.78 is 5.93. The zero-order valence-corrected chi connectivity index (χ0v) is 17.3. The normalized spacial score (nSPS) is 17.1. The van der Waals surface area contributed by atoms with E-state index in [0.29, 0.717) is 12.5 Å². The van der Waals surface area contributed by atoms with Gasteiger partial charge in [-0.2, -0.15) is 0 Å². The highest BCUT2D eigenvalue weighted by molar-refractivity contribution is 5.88. The SMILES string of the molecule is C=C/C=C(\C=C)[C@@H](CCN1CCC(c2cccc(NC(C)=O)c2)CC1)OCC. The summed E-state index contributed by atoms with van der Waals surface area (Å²) in [4.78, 5) is 13.8. The number of amides is 1. The first-order valence-corrected chi connectivity index (χ1v) is 10.2. The molecular formula is C24H34N2O2. The summed E-state index contributed by atoms with van der Waals surface area (Å²) in [5.74, 6) is 0.525. The van der Waals surface area contributed by atoms with Crippen molar-refractivity contribution in [2.24, 2.45) is 0 Å². The van der Waals surface area contributed by atoms with E-state index in [-0.39, 0.29) is 12.0 Å². The van der Waals surface area contributed by atoms with Gasteiger partial charge >= 0.3 is 0 Å². The summed E-state index contributed by atoms with van der Waals surface area (Å²) >= 11 is 0. The highest BCUT2D eigenvalue weighted by Crippen LogP contribution is 2.30. The topological polar surface area (TPSA) is 41.6 Å². The molecule has 2 rings (SSSR count). The molecule has 152 valence electrons. The largest absolute Gasteiger partial charge is 0.374 e. The Morgan fingerprint density at radius 2 is 2.11 bits per heavy atom. The molecular weight excluding hydrogens is 348 g/mol. The van der Waals surface area contributed by atoms with Gasteiger partial charge in [-0.05, 0) is 68.5 Å². The van der Waals surface area contributed by atoms with Crippen LogP contribution in [0.15, 0.2) is 61.2 Å². The highest BCUT2D eigenvalue weighted by Gasteiger charge is 2.22. The molecule has 1 heterocycles. The van der Waals surface area contributed by atoms with E-state index >= 15 is 0 Å². The van der Waals surface area contributed by atoms with Gasteiger partial charge in [0, 0.05) is 25.8 Å². The molecule has 1 aliphatic heterocycles. The van der Waals surface area contributed by atoms with E-state index in [4.69, 9.17) is 4.74 Å². The van der Waals surface area contributed by atoms with Gasteiger partial charge in [-0.25, -0.2) is 0 Å². The number of carbonyl (C=O) groups excluding carboxylic acids is 1. The first-order valence-electron chi connectivity index (χ1n) is 10.2. The lowest BCUT2D eigenvalue weighted by Crippen LogP contribution is -2.35. The maximum atomic E-state index is 11.3. The van der Waals surface area contributed by atoms with Crippen LogP contribution in [-0.2, 0) is 9.53 Å². The zero-order valence-electron chi connectivity index (χ0n) is 17.3. The molecule has 0 unspecified atom stereocenters. The molecule has 1 aromatic carbocycles. The molecule has 0 aromatic heterocycles. The quantitative estimate of drug-likeness (QED) is 0.584. The molecule has 28 heavy (non-hydrogen) atoms. The Labute approximate surface area is 170 Å². The van der Waals surface area contributed by atoms with Crippen molar-refractivity contribution >= 4 is 11.6 Å². The van der Waals surface area contributed by atoms with Crippen molar-refractivity contribution in [3.63, 3.8) is 0 Å². The van der Waals surface area contributed by atoms with Gasteiger partial charge < -0.3 is 15.0 Å². The Hall–Kier alpha value is -2.17. The third-order valence-electron chi connectivity index (χ3n) is 5.26. The van der Waals surface area contributed by atoms with E-state index in [1.165, 1.54) is 5.56 Å². The Kier molecular flexibility index (Phi) is 9.18. The van der Waals surface area contributed by atoms with Gasteiger partial charge in [0.15, 0.2) is 0 Å². The van der Waals surface area contributed by atoms with Crippen LogP contribution in [0.4, 0.5) is 5.69 Å². The number of allylic oxidation sites excluding steroid dienone is 2. The Bertz CT molecular complexity index is 688. The minimum absolute atomic E-state index is 0.0276. The third-order valence-corrected chi connectivity index (χ3v) is 5.26. The molecule has 1 aliphatic rings. The second-order valence-corrected chi connectivity index (χ2v) is 7.26. The number of nitrogens with zero attached hydrogens (tertiary/aromatic N) is 1. The van der Waals surface area contributed by atoms with Gasteiger partial charge in [0.1, 0.15) is 0 Å². The van der Waals surface area contributed by atoms with E-state index in [2.05, 4.69) is 35.5 Å². The lowest BCUT2D eigenvalue weighted by Gasteiger charge is -2.33. The first kappa shape index (κ1) is 22.1. The molecule has 0 aliphatic carbocycles. The molecule has 0 saturated carbocycles. The maximum absolute atomic E-state index is 11.3. The molecule has 4 heteroatoms. The zero-order chi connectivity index (χ0) is 20.4. The van der Waals surface area contributed by atoms with E-state index in [1.54, 1.807) is 13.0 Å². The van der Waals surface area contributed by atoms with Crippen LogP contribution >= 0.6 is 0 Å². The second kappa shape index (κ2) is 11.6. The van der Waals surface area contributed by atoms with Crippen LogP contribution in [0.25, 0.3) is 0 Å². The Morgan fingerprint density at radius 1 is 1.36 bits per heavy atom. The van der Waals surface area contributed by atoms with Crippen molar-refractivity contribution in [2.75, 3.05) is 31.6 Å². The molecule has 0 spiro atoms. The van der Waals surface area contributed by atoms with E-state index in [9.17, 15) is 4.79 Å². The van der Waals surface area contributed by atoms with Gasteiger partial charge in [-0.3, -0.25) is 4.79 Å². The summed E-state index contributed by atoms with van der Waals surface area (Å²) in [7, 11) is 0. The second-order valence-electron chi connectivity index (χ2n) is 7.26. The smallest absolute Gasteiger partial charge is 0.221 e. The van der Waals surface area contributed by atoms with Crippen molar-refractivity contribution in [3.8, 4) is 0 Å². The van der Waals surface area contributed by atoms with Crippen molar-refractivity contribution in [1.82, 2.24) is 4.90 Å². The average molecular weight is 383 g/mol.